The third kappa shape index (κ3) is 3.01. The maximum absolute atomic E-state index is 12.6. The van der Waals surface area contributed by atoms with Crippen LogP contribution in [0.1, 0.15) is 10.4 Å². The molecule has 0 saturated carbocycles. The van der Waals surface area contributed by atoms with Crippen molar-refractivity contribution in [1.29, 1.82) is 0 Å². The van der Waals surface area contributed by atoms with Crippen LogP contribution in [-0.2, 0) is 6.54 Å². The Bertz CT molecular complexity index is 1160. The van der Waals surface area contributed by atoms with Crippen LogP contribution in [0.3, 0.4) is 0 Å². The highest BCUT2D eigenvalue weighted by Gasteiger charge is 2.18. The molecule has 1 aromatic heterocycles. The molecule has 2 aromatic carbocycles. The number of benzene rings is 2. The van der Waals surface area contributed by atoms with E-state index < -0.39 is 5.91 Å². The maximum atomic E-state index is 12.6. The highest BCUT2D eigenvalue weighted by atomic mass is 79.9. The molecule has 2 heterocycles. The molecule has 3 aromatic rings. The van der Waals surface area contributed by atoms with Gasteiger partial charge in [-0.15, -0.1) is 6.42 Å². The zero-order chi connectivity index (χ0) is 18.3. The molecule has 0 atom stereocenters. The number of fused-ring (bicyclic) bond motifs is 2. The van der Waals surface area contributed by atoms with Gasteiger partial charge in [0, 0.05) is 16.6 Å². The number of carbonyl (C=O) groups excluding carboxylic acids is 1. The Morgan fingerprint density at radius 1 is 1.35 bits per heavy atom. The van der Waals surface area contributed by atoms with E-state index in [1.165, 1.54) is 11.3 Å². The lowest BCUT2D eigenvalue weighted by Gasteiger charge is -2.02. The van der Waals surface area contributed by atoms with Gasteiger partial charge in [-0.2, -0.15) is 4.99 Å². The first-order chi connectivity index (χ1) is 12.6. The molecule has 5 nitrogen and oxygen atoms in total. The Morgan fingerprint density at radius 2 is 2.12 bits per heavy atom. The molecule has 4 rings (SSSR count). The van der Waals surface area contributed by atoms with Crippen LogP contribution in [0.15, 0.2) is 39.8 Å². The zero-order valence-corrected chi connectivity index (χ0v) is 16.3. The monoisotopic (exact) mass is 448 g/mol. The fraction of sp³-hybridized carbons (Fsp3) is 0.111. The summed E-state index contributed by atoms with van der Waals surface area (Å²) in [4.78, 5) is 17.4. The molecule has 0 spiro atoms. The number of hydrogen-bond acceptors (Lipinski definition) is 4. The van der Waals surface area contributed by atoms with Gasteiger partial charge in [0.15, 0.2) is 16.3 Å². The van der Waals surface area contributed by atoms with Crippen LogP contribution in [0, 0.1) is 12.3 Å². The fourth-order valence-corrected chi connectivity index (χ4v) is 4.19. The van der Waals surface area contributed by atoms with E-state index in [-0.39, 0.29) is 13.3 Å². The number of amides is 1. The van der Waals surface area contributed by atoms with E-state index in [1.54, 1.807) is 22.8 Å². The van der Waals surface area contributed by atoms with Gasteiger partial charge >= 0.3 is 0 Å². The van der Waals surface area contributed by atoms with Crippen LogP contribution in [-0.4, -0.2) is 17.3 Å². The standard InChI is InChI=1S/C18H10BrClN2O3S/c1-2-5-22-13-7-14-15(25-9-24-14)8-16(13)26-18(22)21-17(23)11-6-10(19)3-4-12(11)20/h1,3-4,6-8H,5,9H2. The molecule has 26 heavy (non-hydrogen) atoms. The smallest absolute Gasteiger partial charge is 0.281 e. The number of halogens is 2. The van der Waals surface area contributed by atoms with Crippen molar-refractivity contribution in [2.45, 2.75) is 6.54 Å². The SMILES string of the molecule is C#CCn1c(=NC(=O)c2cc(Br)ccc2Cl)sc2cc3c(cc21)OCO3. The van der Waals surface area contributed by atoms with Crippen molar-refractivity contribution < 1.29 is 14.3 Å². The second-order valence-corrected chi connectivity index (χ2v) is 7.72. The highest BCUT2D eigenvalue weighted by Crippen LogP contribution is 2.37. The van der Waals surface area contributed by atoms with Crippen molar-refractivity contribution in [2.24, 2.45) is 4.99 Å². The molecule has 1 amide bonds. The van der Waals surface area contributed by atoms with Crippen LogP contribution in [0.25, 0.3) is 10.2 Å². The summed E-state index contributed by atoms with van der Waals surface area (Å²) in [5.41, 5.74) is 1.16. The number of hydrogen-bond donors (Lipinski definition) is 0. The lowest BCUT2D eigenvalue weighted by Crippen LogP contribution is -2.16. The lowest BCUT2D eigenvalue weighted by molar-refractivity contribution is 0.0998. The second-order valence-electron chi connectivity index (χ2n) is 5.39. The minimum Gasteiger partial charge on any atom is -0.454 e. The number of thiazole rings is 1. The van der Waals surface area contributed by atoms with Crippen LogP contribution >= 0.6 is 38.9 Å². The molecule has 130 valence electrons. The summed E-state index contributed by atoms with van der Waals surface area (Å²) in [5.74, 6) is 3.47. The summed E-state index contributed by atoms with van der Waals surface area (Å²) < 4.78 is 14.3. The molecule has 1 aliphatic heterocycles. The van der Waals surface area contributed by atoms with Gasteiger partial charge in [0.05, 0.1) is 27.3 Å². The van der Waals surface area contributed by atoms with Crippen molar-refractivity contribution in [2.75, 3.05) is 6.79 Å². The Balaban J connectivity index is 1.89. The molecule has 0 bridgehead atoms. The number of rotatable bonds is 2. The summed E-state index contributed by atoms with van der Waals surface area (Å²) in [6.07, 6.45) is 5.50. The molecule has 0 N–H and O–H groups in total. The molecule has 0 aliphatic carbocycles. The average molecular weight is 450 g/mol. The fourth-order valence-electron chi connectivity index (χ4n) is 2.60. The van der Waals surface area contributed by atoms with E-state index >= 15 is 0 Å². The first-order valence-electron chi connectivity index (χ1n) is 7.47. The molecule has 0 fully saturated rings. The van der Waals surface area contributed by atoms with E-state index in [2.05, 4.69) is 26.8 Å². The normalized spacial score (nSPS) is 13.2. The Hall–Kier alpha value is -2.27. The number of aromatic nitrogens is 1. The van der Waals surface area contributed by atoms with Crippen LogP contribution in [0.4, 0.5) is 0 Å². The second kappa shape index (κ2) is 6.80. The summed E-state index contributed by atoms with van der Waals surface area (Å²) in [5, 5.41) is 0.340. The summed E-state index contributed by atoms with van der Waals surface area (Å²) in [6, 6.07) is 8.77. The summed E-state index contributed by atoms with van der Waals surface area (Å²) in [6.45, 7) is 0.469. The third-order valence-electron chi connectivity index (χ3n) is 3.78. The Kier molecular flexibility index (Phi) is 4.49. The Morgan fingerprint density at radius 3 is 2.88 bits per heavy atom. The van der Waals surface area contributed by atoms with Gasteiger partial charge in [-0.05, 0) is 18.2 Å². The van der Waals surface area contributed by atoms with Gasteiger partial charge in [0.25, 0.3) is 5.91 Å². The van der Waals surface area contributed by atoms with Crippen LogP contribution < -0.4 is 14.3 Å². The predicted molar refractivity (Wildman–Crippen MR) is 104 cm³/mol. The molecule has 0 radical (unpaired) electrons. The topological polar surface area (TPSA) is 52.8 Å². The van der Waals surface area contributed by atoms with Crippen molar-refractivity contribution in [3.8, 4) is 23.8 Å². The minimum absolute atomic E-state index is 0.193. The average Bonchev–Trinajstić information content (AvgIpc) is 3.20. The Labute approximate surface area is 166 Å². The highest BCUT2D eigenvalue weighted by molar-refractivity contribution is 9.10. The third-order valence-corrected chi connectivity index (χ3v) is 5.65. The molecule has 8 heteroatoms. The number of terminal acetylenes is 1. The molecule has 1 aliphatic rings. The summed E-state index contributed by atoms with van der Waals surface area (Å²) in [7, 11) is 0. The van der Waals surface area contributed by atoms with Crippen LogP contribution in [0.5, 0.6) is 11.5 Å². The van der Waals surface area contributed by atoms with Crippen molar-refractivity contribution in [1.82, 2.24) is 4.57 Å². The van der Waals surface area contributed by atoms with E-state index in [0.717, 1.165) is 14.7 Å². The lowest BCUT2D eigenvalue weighted by atomic mass is 10.2. The van der Waals surface area contributed by atoms with E-state index in [9.17, 15) is 4.79 Å². The van der Waals surface area contributed by atoms with Gasteiger partial charge in [-0.1, -0.05) is 44.8 Å². The van der Waals surface area contributed by atoms with Gasteiger partial charge in [-0.3, -0.25) is 4.79 Å². The largest absolute Gasteiger partial charge is 0.454 e. The molecule has 0 unspecified atom stereocenters. The first-order valence-corrected chi connectivity index (χ1v) is 9.46. The van der Waals surface area contributed by atoms with Crippen molar-refractivity contribution in [3.05, 3.63) is 50.2 Å². The predicted octanol–water partition coefficient (Wildman–Crippen LogP) is 4.22. The van der Waals surface area contributed by atoms with Gasteiger partial charge < -0.3 is 14.0 Å². The quantitative estimate of drug-likeness (QED) is 0.551. The van der Waals surface area contributed by atoms with Crippen LogP contribution in [0.2, 0.25) is 5.02 Å². The van der Waals surface area contributed by atoms with Crippen molar-refractivity contribution in [3.63, 3.8) is 0 Å². The first kappa shape index (κ1) is 17.2. The van der Waals surface area contributed by atoms with E-state index in [1.807, 2.05) is 12.1 Å². The zero-order valence-electron chi connectivity index (χ0n) is 13.2. The van der Waals surface area contributed by atoms with E-state index in [4.69, 9.17) is 27.5 Å². The van der Waals surface area contributed by atoms with Gasteiger partial charge in [-0.25, -0.2) is 0 Å². The maximum Gasteiger partial charge on any atom is 0.281 e. The number of ether oxygens (including phenoxy) is 2. The van der Waals surface area contributed by atoms with Gasteiger partial charge in [0.1, 0.15) is 0 Å². The number of carbonyl (C=O) groups is 1. The van der Waals surface area contributed by atoms with Crippen molar-refractivity contribution >= 4 is 55.0 Å². The molecular weight excluding hydrogens is 440 g/mol. The molecular formula is C18H10BrClN2O3S. The minimum atomic E-state index is -0.436. The number of nitrogens with zero attached hydrogens (tertiary/aromatic N) is 2. The molecule has 0 saturated heterocycles. The summed E-state index contributed by atoms with van der Waals surface area (Å²) >= 11 is 10.8. The van der Waals surface area contributed by atoms with Gasteiger partial charge in [0.2, 0.25) is 6.79 Å². The van der Waals surface area contributed by atoms with E-state index in [0.29, 0.717) is 26.9 Å².